The number of hydrogen-bond donors (Lipinski definition) is 0. The molecule has 0 saturated heterocycles. The summed E-state index contributed by atoms with van der Waals surface area (Å²) in [4.78, 5) is 19.7. The van der Waals surface area contributed by atoms with Gasteiger partial charge in [0.25, 0.3) is 0 Å². The van der Waals surface area contributed by atoms with Gasteiger partial charge >= 0.3 is 6.18 Å². The van der Waals surface area contributed by atoms with Crippen LogP contribution < -0.4 is 0 Å². The van der Waals surface area contributed by atoms with Gasteiger partial charge in [-0.05, 0) is 106 Å². The number of alkyl halides is 3. The minimum absolute atomic E-state index is 0.0895. The maximum Gasteiger partial charge on any atom is 0.417 e. The van der Waals surface area contributed by atoms with Crippen LogP contribution in [0.5, 0.6) is 0 Å². The van der Waals surface area contributed by atoms with Crippen LogP contribution in [0.25, 0.3) is 156 Å². The van der Waals surface area contributed by atoms with Crippen LogP contribution >= 0.6 is 0 Å². The molecule has 0 aliphatic carbocycles. The molecule has 0 bridgehead atoms. The Morgan fingerprint density at radius 1 is 0.283 bits per heavy atom. The van der Waals surface area contributed by atoms with E-state index in [2.05, 4.69) is 95.6 Å². The predicted octanol–water partition coefficient (Wildman–Crippen LogP) is 21.4. The van der Waals surface area contributed by atoms with Gasteiger partial charge in [0, 0.05) is 90.8 Å². The second kappa shape index (κ2) is 22.7. The predicted molar refractivity (Wildman–Crippen MR) is 365 cm³/mol. The summed E-state index contributed by atoms with van der Waals surface area (Å²) >= 11 is 0. The molecule has 16 rings (SSSR count). The van der Waals surface area contributed by atoms with Crippen molar-refractivity contribution in [2.45, 2.75) is 6.18 Å². The quantitative estimate of drug-likeness (QED) is 0.129. The van der Waals surface area contributed by atoms with E-state index in [0.29, 0.717) is 16.7 Å². The van der Waals surface area contributed by atoms with Crippen molar-refractivity contribution in [3.05, 3.63) is 315 Å². The molecule has 6 aromatic heterocycles. The fraction of sp³-hybridized carbons (Fsp3) is 0.0122. The van der Waals surface area contributed by atoms with Crippen LogP contribution in [0.3, 0.4) is 0 Å². The maximum absolute atomic E-state index is 16.7. The third kappa shape index (κ3) is 10.0. The summed E-state index contributed by atoms with van der Waals surface area (Å²) in [6.07, 6.45) is 2.56. The largest absolute Gasteiger partial charge is 0.417 e. The lowest BCUT2D eigenvalue weighted by Gasteiger charge is -2.22. The third-order valence-electron chi connectivity index (χ3n) is 17.4. The van der Waals surface area contributed by atoms with E-state index in [4.69, 9.17) is 19.9 Å². The summed E-state index contributed by atoms with van der Waals surface area (Å²) in [5, 5.41) is 13.7. The van der Waals surface area contributed by atoms with E-state index in [9.17, 15) is 5.26 Å². The van der Waals surface area contributed by atoms with Crippen molar-refractivity contribution < 1.29 is 13.2 Å². The van der Waals surface area contributed by atoms with Gasteiger partial charge in [-0.2, -0.15) is 18.4 Å². The van der Waals surface area contributed by atoms with E-state index in [-0.39, 0.29) is 22.4 Å². The molecule has 0 amide bonds. The monoisotopic (exact) mass is 1190 g/mol. The van der Waals surface area contributed by atoms with E-state index in [1.807, 2.05) is 187 Å². The summed E-state index contributed by atoms with van der Waals surface area (Å²) in [5.41, 5.74) is 17.0. The third-order valence-corrected chi connectivity index (χ3v) is 17.4. The molecule has 0 spiro atoms. The van der Waals surface area contributed by atoms with Gasteiger partial charge in [0.05, 0.1) is 73.4 Å². The van der Waals surface area contributed by atoms with Gasteiger partial charge in [0.15, 0.2) is 0 Å². The highest BCUT2D eigenvalue weighted by Gasteiger charge is 2.36. The Morgan fingerprint density at radius 2 is 0.587 bits per heavy atom. The van der Waals surface area contributed by atoms with E-state index < -0.39 is 11.7 Å². The van der Waals surface area contributed by atoms with E-state index in [1.54, 1.807) is 24.3 Å². The lowest BCUT2D eigenvalue weighted by Crippen LogP contribution is -2.12. The Hall–Kier alpha value is -12.3. The zero-order valence-corrected chi connectivity index (χ0v) is 49.1. The molecule has 92 heavy (non-hydrogen) atoms. The van der Waals surface area contributed by atoms with Gasteiger partial charge < -0.3 is 9.13 Å². The highest BCUT2D eigenvalue weighted by molar-refractivity contribution is 6.14. The molecule has 0 radical (unpaired) electrons. The molecule has 16 aromatic rings. The summed E-state index contributed by atoms with van der Waals surface area (Å²) in [6, 6.07) is 92.6. The van der Waals surface area contributed by atoms with Crippen molar-refractivity contribution >= 4 is 43.6 Å². The Morgan fingerprint density at radius 3 is 0.880 bits per heavy atom. The number of halogens is 3. The molecule has 7 nitrogen and oxygen atoms in total. The van der Waals surface area contributed by atoms with Crippen LogP contribution in [-0.2, 0) is 6.18 Å². The highest BCUT2D eigenvalue weighted by Crippen LogP contribution is 2.47. The molecular weight excluding hydrogens is 1140 g/mol. The van der Waals surface area contributed by atoms with Crippen molar-refractivity contribution in [2.24, 2.45) is 0 Å². The molecule has 10 heteroatoms. The maximum atomic E-state index is 16.7. The van der Waals surface area contributed by atoms with Crippen LogP contribution in [-0.4, -0.2) is 29.1 Å². The molecule has 0 saturated carbocycles. The zero-order chi connectivity index (χ0) is 61.9. The molecule has 10 aromatic carbocycles. The van der Waals surface area contributed by atoms with E-state index >= 15 is 13.2 Å². The van der Waals surface area contributed by atoms with Crippen LogP contribution in [0.2, 0.25) is 0 Å². The zero-order valence-electron chi connectivity index (χ0n) is 49.1. The fourth-order valence-corrected chi connectivity index (χ4v) is 12.8. The average Bonchev–Trinajstić information content (AvgIpc) is 1.55. The molecule has 0 unspecified atom stereocenters. The van der Waals surface area contributed by atoms with Crippen molar-refractivity contribution in [3.63, 3.8) is 0 Å². The minimum atomic E-state index is -4.88. The smallest absolute Gasteiger partial charge is 0.307 e. The second-order valence-corrected chi connectivity index (χ2v) is 22.9. The molecule has 0 N–H and O–H groups in total. The topological polar surface area (TPSA) is 85.2 Å². The van der Waals surface area contributed by atoms with Gasteiger partial charge in [-0.25, -0.2) is 0 Å². The Labute approximate surface area is 527 Å². The van der Waals surface area contributed by atoms with Gasteiger partial charge in [0.1, 0.15) is 0 Å². The standard InChI is InChI=1S/C82H50F3N7/c83-82(84,85)71-46-81(92-78-43-59(64-30-38-74(89-50-64)55-19-9-3-10-20-55)26-34-68(78)69-35-27-60(44-79(69)92)65-31-39-75(90-51-65)56-21-11-4-12-22-56)80(45-70(71)61-23-13-14-52(40-61)47-86)91-76-41-57(62-28-36-72(87-48-62)53-15-5-1-6-16-53)24-32-66(76)67-33-25-58(42-77(67)91)63-29-37-73(88-49-63)54-17-7-2-8-18-54/h1-46,48-51H. The number of pyridine rings is 4. The Bertz CT molecular complexity index is 5230. The molecule has 0 aliphatic heterocycles. The SMILES string of the molecule is N#Cc1cccc(-c2cc(-n3c4cc(-c5ccc(-c6ccccc6)nc5)ccc4c4ccc(-c5ccc(-c6ccccc6)nc5)cc43)c(-n3c4cc(-c5ccc(-c6ccccc6)nc5)ccc4c4ccc(-c5ccc(-c6ccccc6)nc5)cc43)cc2C(F)(F)F)c1. The first-order chi connectivity index (χ1) is 45.2. The number of rotatable bonds is 11. The number of aromatic nitrogens is 6. The summed E-state index contributed by atoms with van der Waals surface area (Å²) in [5.74, 6) is 0. The van der Waals surface area contributed by atoms with Crippen molar-refractivity contribution in [1.29, 1.82) is 5.26 Å². The number of nitrogens with zero attached hydrogens (tertiary/aromatic N) is 7. The molecule has 0 atom stereocenters. The van der Waals surface area contributed by atoms with Gasteiger partial charge in [0.2, 0.25) is 0 Å². The van der Waals surface area contributed by atoms with E-state index in [0.717, 1.165) is 122 Å². The number of benzene rings is 10. The molecular formula is C82H50F3N7. The molecule has 0 aliphatic rings. The summed E-state index contributed by atoms with van der Waals surface area (Å²) in [6.45, 7) is 0. The van der Waals surface area contributed by atoms with Crippen LogP contribution in [0.4, 0.5) is 13.2 Å². The lowest BCUT2D eigenvalue weighted by atomic mass is 9.95. The number of fused-ring (bicyclic) bond motifs is 6. The summed E-state index contributed by atoms with van der Waals surface area (Å²) < 4.78 is 54.1. The Balaban J connectivity index is 0.997. The van der Waals surface area contributed by atoms with Crippen LogP contribution in [0, 0.1) is 11.3 Å². The first-order valence-electron chi connectivity index (χ1n) is 30.2. The number of hydrogen-bond acceptors (Lipinski definition) is 5. The van der Waals surface area contributed by atoms with E-state index in [1.165, 1.54) is 12.1 Å². The minimum Gasteiger partial charge on any atom is -0.307 e. The Kier molecular flexibility index (Phi) is 13.6. The van der Waals surface area contributed by atoms with Crippen molar-refractivity contribution in [3.8, 4) is 118 Å². The molecule has 0 fully saturated rings. The van der Waals surface area contributed by atoms with Crippen molar-refractivity contribution in [1.82, 2.24) is 29.1 Å². The molecule has 6 heterocycles. The van der Waals surface area contributed by atoms with Crippen molar-refractivity contribution in [2.75, 3.05) is 0 Å². The normalized spacial score (nSPS) is 11.6. The van der Waals surface area contributed by atoms with Crippen LogP contribution in [0.15, 0.2) is 304 Å². The molecule has 434 valence electrons. The van der Waals surface area contributed by atoms with Crippen LogP contribution in [0.1, 0.15) is 11.1 Å². The highest BCUT2D eigenvalue weighted by atomic mass is 19.4. The van der Waals surface area contributed by atoms with Gasteiger partial charge in [-0.15, -0.1) is 0 Å². The van der Waals surface area contributed by atoms with Gasteiger partial charge in [-0.3, -0.25) is 19.9 Å². The first kappa shape index (κ1) is 55.0. The lowest BCUT2D eigenvalue weighted by molar-refractivity contribution is -0.137. The van der Waals surface area contributed by atoms with Gasteiger partial charge in [-0.1, -0.05) is 206 Å². The fourth-order valence-electron chi connectivity index (χ4n) is 12.8. The average molecular weight is 1190 g/mol. The first-order valence-corrected chi connectivity index (χ1v) is 30.2. The number of nitriles is 1. The summed E-state index contributed by atoms with van der Waals surface area (Å²) in [7, 11) is 0. The second-order valence-electron chi connectivity index (χ2n) is 22.9.